The molecule has 1 aliphatic heterocycles. The number of nitrogens with one attached hydrogen (secondary N) is 2. The number of primary sulfonamides is 1. The maximum atomic E-state index is 13.1. The van der Waals surface area contributed by atoms with Gasteiger partial charge in [0, 0.05) is 0 Å². The van der Waals surface area contributed by atoms with Crippen LogP contribution in [0.4, 0.5) is 5.69 Å². The van der Waals surface area contributed by atoms with Crippen molar-refractivity contribution < 1.29 is 26.3 Å². The molecule has 12 heteroatoms. The SMILES string of the molecule is NS(=O)(=O)c1cc2c(cc1Cl)N[C@@H](c1ccc(OCc3ccccc3)c(OCc3ccccc3)c1)NS2(=O)=O. The molecule has 5 rings (SSSR count). The van der Waals surface area contributed by atoms with Crippen molar-refractivity contribution >= 4 is 37.3 Å². The molecule has 1 atom stereocenters. The van der Waals surface area contributed by atoms with Gasteiger partial charge in [0.1, 0.15) is 29.2 Å². The highest BCUT2D eigenvalue weighted by molar-refractivity contribution is 7.90. The third kappa shape index (κ3) is 6.18. The summed E-state index contributed by atoms with van der Waals surface area (Å²) in [5.74, 6) is 0.903. The molecular weight excluding hydrogens is 562 g/mol. The number of fused-ring (bicyclic) bond motifs is 1. The molecule has 0 unspecified atom stereocenters. The van der Waals surface area contributed by atoms with Gasteiger partial charge in [-0.05, 0) is 41.0 Å². The maximum Gasteiger partial charge on any atom is 0.244 e. The Morgan fingerprint density at radius 3 is 2.00 bits per heavy atom. The zero-order valence-electron chi connectivity index (χ0n) is 20.4. The van der Waals surface area contributed by atoms with E-state index in [0.29, 0.717) is 23.7 Å². The molecule has 1 aliphatic rings. The summed E-state index contributed by atoms with van der Waals surface area (Å²) in [7, 11) is -8.36. The van der Waals surface area contributed by atoms with Gasteiger partial charge in [0.25, 0.3) is 0 Å². The predicted octanol–water partition coefficient (Wildman–Crippen LogP) is 4.55. The molecule has 9 nitrogen and oxygen atoms in total. The Labute approximate surface area is 231 Å². The summed E-state index contributed by atoms with van der Waals surface area (Å²) >= 11 is 6.11. The van der Waals surface area contributed by atoms with Crippen molar-refractivity contribution in [3.63, 3.8) is 0 Å². The molecule has 0 radical (unpaired) electrons. The van der Waals surface area contributed by atoms with E-state index in [1.807, 2.05) is 60.7 Å². The number of nitrogens with two attached hydrogens (primary N) is 1. The van der Waals surface area contributed by atoms with Crippen LogP contribution < -0.4 is 24.7 Å². The van der Waals surface area contributed by atoms with Gasteiger partial charge >= 0.3 is 0 Å². The fraction of sp³-hybridized carbons (Fsp3) is 0.111. The second-order valence-corrected chi connectivity index (χ2v) is 12.4. The van der Waals surface area contributed by atoms with Crippen molar-refractivity contribution in [1.82, 2.24) is 4.72 Å². The summed E-state index contributed by atoms with van der Waals surface area (Å²) in [6.45, 7) is 0.582. The average Bonchev–Trinajstić information content (AvgIpc) is 2.90. The second-order valence-electron chi connectivity index (χ2n) is 8.78. The summed E-state index contributed by atoms with van der Waals surface area (Å²) in [5, 5.41) is 8.05. The van der Waals surface area contributed by atoms with Crippen molar-refractivity contribution in [1.29, 1.82) is 0 Å². The van der Waals surface area contributed by atoms with E-state index in [2.05, 4.69) is 10.0 Å². The molecule has 0 fully saturated rings. The van der Waals surface area contributed by atoms with E-state index in [4.69, 9.17) is 26.2 Å². The first-order valence-corrected chi connectivity index (χ1v) is 15.1. The Morgan fingerprint density at radius 2 is 1.41 bits per heavy atom. The number of benzene rings is 4. The van der Waals surface area contributed by atoms with E-state index in [-0.39, 0.29) is 22.2 Å². The Bertz CT molecular complexity index is 1720. The van der Waals surface area contributed by atoms with Crippen LogP contribution in [-0.4, -0.2) is 16.8 Å². The molecule has 0 saturated carbocycles. The van der Waals surface area contributed by atoms with Crippen molar-refractivity contribution in [3.05, 3.63) is 113 Å². The molecule has 4 aromatic rings. The van der Waals surface area contributed by atoms with E-state index in [9.17, 15) is 16.8 Å². The van der Waals surface area contributed by atoms with Crippen LogP contribution in [0.15, 0.2) is 101 Å². The average molecular weight is 586 g/mol. The van der Waals surface area contributed by atoms with Crippen molar-refractivity contribution in [2.45, 2.75) is 29.2 Å². The van der Waals surface area contributed by atoms with Gasteiger partial charge in [-0.25, -0.2) is 22.0 Å². The molecule has 0 saturated heterocycles. The van der Waals surface area contributed by atoms with Gasteiger partial charge in [-0.1, -0.05) is 78.3 Å². The molecule has 0 spiro atoms. The fourth-order valence-corrected chi connectivity index (χ4v) is 6.54. The number of anilines is 1. The van der Waals surface area contributed by atoms with Gasteiger partial charge < -0.3 is 14.8 Å². The number of sulfonamides is 2. The lowest BCUT2D eigenvalue weighted by molar-refractivity contribution is 0.255. The van der Waals surface area contributed by atoms with Gasteiger partial charge in [0.15, 0.2) is 11.5 Å². The highest BCUT2D eigenvalue weighted by Crippen LogP contribution is 2.38. The molecule has 0 bridgehead atoms. The molecule has 0 amide bonds. The van der Waals surface area contributed by atoms with Crippen LogP contribution >= 0.6 is 11.6 Å². The molecule has 0 aliphatic carbocycles. The van der Waals surface area contributed by atoms with Crippen molar-refractivity contribution in [3.8, 4) is 11.5 Å². The van der Waals surface area contributed by atoms with Gasteiger partial charge in [-0.15, -0.1) is 0 Å². The van der Waals surface area contributed by atoms with Gasteiger partial charge in [-0.3, -0.25) is 0 Å². The van der Waals surface area contributed by atoms with Crippen molar-refractivity contribution in [2.75, 3.05) is 5.32 Å². The quantitative estimate of drug-likeness (QED) is 0.276. The summed E-state index contributed by atoms with van der Waals surface area (Å²) in [4.78, 5) is -0.763. The predicted molar refractivity (Wildman–Crippen MR) is 148 cm³/mol. The van der Waals surface area contributed by atoms with Crippen LogP contribution in [0, 0.1) is 0 Å². The lowest BCUT2D eigenvalue weighted by atomic mass is 10.1. The topological polar surface area (TPSA) is 137 Å². The van der Waals surface area contributed by atoms with Gasteiger partial charge in [0.05, 0.1) is 10.7 Å². The zero-order chi connectivity index (χ0) is 27.6. The second kappa shape index (κ2) is 10.9. The van der Waals surface area contributed by atoms with Gasteiger partial charge in [0.2, 0.25) is 20.0 Å². The Morgan fingerprint density at radius 1 is 0.821 bits per heavy atom. The number of halogens is 1. The van der Waals surface area contributed by atoms with E-state index < -0.39 is 31.1 Å². The molecule has 1 heterocycles. The van der Waals surface area contributed by atoms with E-state index in [1.165, 1.54) is 6.07 Å². The van der Waals surface area contributed by atoms with Crippen LogP contribution in [0.25, 0.3) is 0 Å². The highest BCUT2D eigenvalue weighted by atomic mass is 35.5. The van der Waals surface area contributed by atoms with Crippen LogP contribution in [0.2, 0.25) is 5.02 Å². The Balaban J connectivity index is 1.46. The lowest BCUT2D eigenvalue weighted by Crippen LogP contribution is -2.38. The van der Waals surface area contributed by atoms with Crippen LogP contribution in [0.1, 0.15) is 22.9 Å². The highest BCUT2D eigenvalue weighted by Gasteiger charge is 2.33. The Hall–Kier alpha value is -3.61. The minimum absolute atomic E-state index is 0.132. The molecular formula is C27H24ClN3O6S2. The molecule has 0 aromatic heterocycles. The molecule has 4 N–H and O–H groups in total. The molecule has 39 heavy (non-hydrogen) atoms. The molecule has 202 valence electrons. The number of ether oxygens (including phenoxy) is 2. The summed E-state index contributed by atoms with van der Waals surface area (Å²) in [6, 6.07) is 26.5. The summed E-state index contributed by atoms with van der Waals surface area (Å²) in [5.41, 5.74) is 2.59. The van der Waals surface area contributed by atoms with E-state index >= 15 is 0 Å². The first kappa shape index (κ1) is 27.0. The summed E-state index contributed by atoms with van der Waals surface area (Å²) in [6.07, 6.45) is -0.902. The minimum atomic E-state index is -4.23. The smallest absolute Gasteiger partial charge is 0.244 e. The van der Waals surface area contributed by atoms with Gasteiger partial charge in [-0.2, -0.15) is 4.72 Å². The third-order valence-corrected chi connectivity index (χ3v) is 8.82. The standard InChI is InChI=1S/C27H24ClN3O6S2/c28-21-14-22-26(15-25(21)38(29,32)33)39(34,35)31-27(30-22)20-11-12-23(36-16-18-7-3-1-4-8-18)24(13-20)37-17-19-9-5-2-6-10-19/h1-15,27,30-31H,16-17H2,(H2,29,32,33)/t27-/m1/s1. The minimum Gasteiger partial charge on any atom is -0.485 e. The molecule has 4 aromatic carbocycles. The third-order valence-electron chi connectivity index (χ3n) is 5.98. The number of rotatable bonds is 8. The van der Waals surface area contributed by atoms with Crippen LogP contribution in [0.3, 0.4) is 0 Å². The normalized spacial score (nSPS) is 16.1. The zero-order valence-corrected chi connectivity index (χ0v) is 22.8. The maximum absolute atomic E-state index is 13.1. The first-order chi connectivity index (χ1) is 18.6. The van der Waals surface area contributed by atoms with Crippen LogP contribution in [0.5, 0.6) is 11.5 Å². The summed E-state index contributed by atoms with van der Waals surface area (Å²) < 4.78 is 64.5. The largest absolute Gasteiger partial charge is 0.485 e. The monoisotopic (exact) mass is 585 g/mol. The van der Waals surface area contributed by atoms with E-state index in [1.54, 1.807) is 18.2 Å². The van der Waals surface area contributed by atoms with Crippen LogP contribution in [-0.2, 0) is 33.3 Å². The lowest BCUT2D eigenvalue weighted by Gasteiger charge is -2.29. The Kier molecular flexibility index (Phi) is 7.52. The fourth-order valence-electron chi connectivity index (χ4n) is 4.05. The first-order valence-electron chi connectivity index (χ1n) is 11.7. The number of hydrogen-bond donors (Lipinski definition) is 3. The number of hydrogen-bond acceptors (Lipinski definition) is 7. The van der Waals surface area contributed by atoms with E-state index in [0.717, 1.165) is 17.2 Å². The van der Waals surface area contributed by atoms with Crippen molar-refractivity contribution in [2.24, 2.45) is 5.14 Å².